The molecule has 0 aromatic rings. The second-order valence-corrected chi connectivity index (χ2v) is 3.21. The molecule has 0 amide bonds. The third-order valence-electron chi connectivity index (χ3n) is 2.55. The number of β-amino-alcohol motifs (C(OH)–C–C–N with tert-alkyl or cyclic N) is 1. The fourth-order valence-corrected chi connectivity index (χ4v) is 1.95. The van der Waals surface area contributed by atoms with E-state index in [1.165, 1.54) is 12.8 Å². The molecule has 2 rings (SSSR count). The number of rotatable bonds is 0. The van der Waals surface area contributed by atoms with Crippen molar-refractivity contribution in [1.29, 1.82) is 0 Å². The molecule has 0 saturated carbocycles. The smallest absolute Gasteiger partial charge is 0.0720 e. The van der Waals surface area contributed by atoms with Gasteiger partial charge < -0.3 is 10.4 Å². The first kappa shape index (κ1) is 6.58. The maximum Gasteiger partial charge on any atom is 0.0720 e. The molecule has 0 aliphatic carbocycles. The highest BCUT2D eigenvalue weighted by molar-refractivity contribution is 4.91. The van der Waals surface area contributed by atoms with E-state index in [0.29, 0.717) is 12.1 Å². The Morgan fingerprint density at radius 2 is 2.20 bits per heavy atom. The standard InChI is InChI=1S/C7H14N2O/c10-6-4-9-7-5(6)2-1-3-8-7/h5-10H,1-4H2. The maximum absolute atomic E-state index is 9.42. The van der Waals surface area contributed by atoms with Crippen molar-refractivity contribution in [2.45, 2.75) is 25.1 Å². The van der Waals surface area contributed by atoms with E-state index >= 15 is 0 Å². The summed E-state index contributed by atoms with van der Waals surface area (Å²) >= 11 is 0. The van der Waals surface area contributed by atoms with Gasteiger partial charge in [0.05, 0.1) is 12.3 Å². The SMILES string of the molecule is OC1CNC2NCCCC12. The van der Waals surface area contributed by atoms with Crippen LogP contribution in [0.5, 0.6) is 0 Å². The van der Waals surface area contributed by atoms with E-state index in [1.807, 2.05) is 0 Å². The predicted octanol–water partition coefficient (Wildman–Crippen LogP) is -0.724. The molecule has 58 valence electrons. The van der Waals surface area contributed by atoms with Crippen LogP contribution in [0.4, 0.5) is 0 Å². The fourth-order valence-electron chi connectivity index (χ4n) is 1.95. The molecular formula is C7H14N2O. The Kier molecular flexibility index (Phi) is 1.64. The van der Waals surface area contributed by atoms with Gasteiger partial charge in [-0.3, -0.25) is 5.32 Å². The molecule has 0 bridgehead atoms. The van der Waals surface area contributed by atoms with Crippen LogP contribution in [0.1, 0.15) is 12.8 Å². The molecule has 3 unspecified atom stereocenters. The summed E-state index contributed by atoms with van der Waals surface area (Å²) in [5.41, 5.74) is 0. The lowest BCUT2D eigenvalue weighted by Gasteiger charge is -2.27. The minimum atomic E-state index is -0.113. The minimum absolute atomic E-state index is 0.113. The average Bonchev–Trinajstić information content (AvgIpc) is 2.34. The van der Waals surface area contributed by atoms with Crippen LogP contribution in [0, 0.1) is 5.92 Å². The first-order chi connectivity index (χ1) is 4.88. The van der Waals surface area contributed by atoms with Gasteiger partial charge in [-0.1, -0.05) is 0 Å². The zero-order valence-corrected chi connectivity index (χ0v) is 6.01. The van der Waals surface area contributed by atoms with Gasteiger partial charge in [-0.15, -0.1) is 0 Å². The second-order valence-electron chi connectivity index (χ2n) is 3.21. The van der Waals surface area contributed by atoms with Crippen molar-refractivity contribution in [3.63, 3.8) is 0 Å². The Balaban J connectivity index is 2.01. The molecule has 2 fully saturated rings. The molecule has 3 atom stereocenters. The lowest BCUT2D eigenvalue weighted by Crippen LogP contribution is -2.46. The molecule has 3 heteroatoms. The van der Waals surface area contributed by atoms with Crippen LogP contribution >= 0.6 is 0 Å². The number of nitrogens with one attached hydrogen (secondary N) is 2. The minimum Gasteiger partial charge on any atom is -0.391 e. The monoisotopic (exact) mass is 142 g/mol. The summed E-state index contributed by atoms with van der Waals surface area (Å²) in [6, 6.07) is 0. The van der Waals surface area contributed by atoms with E-state index in [-0.39, 0.29) is 6.10 Å². The fraction of sp³-hybridized carbons (Fsp3) is 1.00. The predicted molar refractivity (Wildman–Crippen MR) is 38.5 cm³/mol. The number of hydrogen-bond donors (Lipinski definition) is 3. The zero-order chi connectivity index (χ0) is 6.97. The van der Waals surface area contributed by atoms with Crippen LogP contribution in [0.25, 0.3) is 0 Å². The average molecular weight is 142 g/mol. The lowest BCUT2D eigenvalue weighted by atomic mass is 9.94. The summed E-state index contributed by atoms with van der Waals surface area (Å²) in [7, 11) is 0. The number of hydrogen-bond acceptors (Lipinski definition) is 3. The molecule has 3 N–H and O–H groups in total. The number of piperidine rings is 1. The first-order valence-corrected chi connectivity index (χ1v) is 4.03. The largest absolute Gasteiger partial charge is 0.391 e. The van der Waals surface area contributed by atoms with Gasteiger partial charge in [0.2, 0.25) is 0 Å². The summed E-state index contributed by atoms with van der Waals surface area (Å²) in [4.78, 5) is 0. The van der Waals surface area contributed by atoms with Crippen LogP contribution < -0.4 is 10.6 Å². The Morgan fingerprint density at radius 1 is 1.30 bits per heavy atom. The van der Waals surface area contributed by atoms with Gasteiger partial charge in [0.25, 0.3) is 0 Å². The van der Waals surface area contributed by atoms with Gasteiger partial charge in [0, 0.05) is 12.5 Å². The highest BCUT2D eigenvalue weighted by Gasteiger charge is 2.35. The zero-order valence-electron chi connectivity index (χ0n) is 6.01. The molecule has 0 radical (unpaired) electrons. The quantitative estimate of drug-likeness (QED) is 0.418. The first-order valence-electron chi connectivity index (χ1n) is 4.03. The van der Waals surface area contributed by atoms with E-state index in [0.717, 1.165) is 13.1 Å². The molecule has 2 heterocycles. The molecule has 0 aromatic heterocycles. The van der Waals surface area contributed by atoms with Gasteiger partial charge in [-0.05, 0) is 19.4 Å². The van der Waals surface area contributed by atoms with Crippen LogP contribution in [-0.2, 0) is 0 Å². The lowest BCUT2D eigenvalue weighted by molar-refractivity contribution is 0.116. The van der Waals surface area contributed by atoms with Gasteiger partial charge in [-0.2, -0.15) is 0 Å². The second kappa shape index (κ2) is 2.49. The van der Waals surface area contributed by atoms with Crippen molar-refractivity contribution in [3.8, 4) is 0 Å². The molecular weight excluding hydrogens is 128 g/mol. The van der Waals surface area contributed by atoms with Crippen LogP contribution in [0.2, 0.25) is 0 Å². The number of aliphatic hydroxyl groups is 1. The van der Waals surface area contributed by atoms with E-state index in [2.05, 4.69) is 10.6 Å². The van der Waals surface area contributed by atoms with Crippen molar-refractivity contribution >= 4 is 0 Å². The maximum atomic E-state index is 9.42. The van der Waals surface area contributed by atoms with Gasteiger partial charge >= 0.3 is 0 Å². The molecule has 2 aliphatic heterocycles. The molecule has 2 saturated heterocycles. The van der Waals surface area contributed by atoms with E-state index in [9.17, 15) is 5.11 Å². The van der Waals surface area contributed by atoms with Crippen LogP contribution in [-0.4, -0.2) is 30.5 Å². The summed E-state index contributed by atoms with van der Waals surface area (Å²) in [6.45, 7) is 1.86. The van der Waals surface area contributed by atoms with E-state index in [4.69, 9.17) is 0 Å². The molecule has 0 spiro atoms. The Hall–Kier alpha value is -0.120. The Bertz CT molecular complexity index is 127. The van der Waals surface area contributed by atoms with Crippen LogP contribution in [0.3, 0.4) is 0 Å². The third kappa shape index (κ3) is 0.944. The highest BCUT2D eigenvalue weighted by Crippen LogP contribution is 2.22. The number of aliphatic hydroxyl groups excluding tert-OH is 1. The van der Waals surface area contributed by atoms with Crippen molar-refractivity contribution in [3.05, 3.63) is 0 Å². The normalized spacial score (nSPS) is 47.1. The van der Waals surface area contributed by atoms with Gasteiger partial charge in [-0.25, -0.2) is 0 Å². The van der Waals surface area contributed by atoms with E-state index < -0.39 is 0 Å². The molecule has 10 heavy (non-hydrogen) atoms. The summed E-state index contributed by atoms with van der Waals surface area (Å²) in [5, 5.41) is 16.0. The van der Waals surface area contributed by atoms with Crippen molar-refractivity contribution in [1.82, 2.24) is 10.6 Å². The topological polar surface area (TPSA) is 44.3 Å². The van der Waals surface area contributed by atoms with Crippen molar-refractivity contribution in [2.24, 2.45) is 5.92 Å². The summed E-state index contributed by atoms with van der Waals surface area (Å²) in [6.07, 6.45) is 2.66. The Labute approximate surface area is 60.8 Å². The highest BCUT2D eigenvalue weighted by atomic mass is 16.3. The number of fused-ring (bicyclic) bond motifs is 1. The van der Waals surface area contributed by atoms with E-state index in [1.54, 1.807) is 0 Å². The van der Waals surface area contributed by atoms with Crippen molar-refractivity contribution in [2.75, 3.05) is 13.1 Å². The summed E-state index contributed by atoms with van der Waals surface area (Å²) in [5.74, 6) is 0.466. The Morgan fingerprint density at radius 3 is 3.00 bits per heavy atom. The molecule has 0 aromatic carbocycles. The van der Waals surface area contributed by atoms with Gasteiger partial charge in [0.1, 0.15) is 0 Å². The van der Waals surface area contributed by atoms with Crippen molar-refractivity contribution < 1.29 is 5.11 Å². The molecule has 2 aliphatic rings. The van der Waals surface area contributed by atoms with Crippen LogP contribution in [0.15, 0.2) is 0 Å². The third-order valence-corrected chi connectivity index (χ3v) is 2.55. The van der Waals surface area contributed by atoms with Gasteiger partial charge in [0.15, 0.2) is 0 Å². The summed E-state index contributed by atoms with van der Waals surface area (Å²) < 4.78 is 0. The molecule has 3 nitrogen and oxygen atoms in total.